The number of hydrogen-bond acceptors (Lipinski definition) is 3. The number of nitrogens with zero attached hydrogens (tertiary/aromatic N) is 1. The number of Topliss-reactive ketones (excluding diaryl/α,β-unsaturated/α-hetero) is 1. The molecule has 26 heavy (non-hydrogen) atoms. The van der Waals surface area contributed by atoms with Crippen LogP contribution in [0, 0.1) is 5.92 Å². The van der Waals surface area contributed by atoms with E-state index in [1.165, 1.54) is 0 Å². The zero-order valence-corrected chi connectivity index (χ0v) is 16.1. The number of para-hydroxylation sites is 1. The highest BCUT2D eigenvalue weighted by atomic mass is 79.9. The van der Waals surface area contributed by atoms with Crippen LogP contribution in [0.1, 0.15) is 26.7 Å². The van der Waals surface area contributed by atoms with Gasteiger partial charge in [-0.05, 0) is 29.8 Å². The predicted molar refractivity (Wildman–Crippen MR) is 110 cm³/mol. The lowest BCUT2D eigenvalue weighted by Crippen LogP contribution is -2.21. The molecule has 1 aliphatic carbocycles. The molecule has 5 rings (SSSR count). The van der Waals surface area contributed by atoms with Crippen molar-refractivity contribution in [2.24, 2.45) is 10.9 Å². The first-order chi connectivity index (χ1) is 12.7. The van der Waals surface area contributed by atoms with E-state index in [0.29, 0.717) is 0 Å². The van der Waals surface area contributed by atoms with E-state index in [1.807, 2.05) is 54.6 Å². The second kappa shape index (κ2) is 6.22. The SMILES string of the molecule is O=C1c2ccccc2C2=Nc3ccccc3S[C@@H](c3cccc(Br)c3)[C@@H]12. The molecule has 2 nitrogen and oxygen atoms in total. The Morgan fingerprint density at radius 1 is 0.885 bits per heavy atom. The van der Waals surface area contributed by atoms with Crippen LogP contribution in [0.4, 0.5) is 5.69 Å². The summed E-state index contributed by atoms with van der Waals surface area (Å²) in [6.45, 7) is 0. The van der Waals surface area contributed by atoms with Crippen molar-refractivity contribution in [3.05, 3.63) is 94.0 Å². The van der Waals surface area contributed by atoms with Gasteiger partial charge in [-0.3, -0.25) is 9.79 Å². The Morgan fingerprint density at radius 3 is 2.50 bits per heavy atom. The van der Waals surface area contributed by atoms with Gasteiger partial charge in [0, 0.05) is 20.5 Å². The molecule has 2 atom stereocenters. The molecule has 3 aromatic rings. The molecule has 3 aromatic carbocycles. The standard InChI is InChI=1S/C22H14BrNOS/c23-14-7-5-6-13(12-14)22-19-20(15-8-1-2-9-16(15)21(19)25)24-17-10-3-4-11-18(17)26-22/h1-12,19,22H/t19-,22+/m1/s1. The summed E-state index contributed by atoms with van der Waals surface area (Å²) in [5.41, 5.74) is 4.74. The number of thioether (sulfide) groups is 1. The molecule has 1 heterocycles. The van der Waals surface area contributed by atoms with Gasteiger partial charge in [-0.25, -0.2) is 0 Å². The first kappa shape index (κ1) is 16.0. The van der Waals surface area contributed by atoms with E-state index >= 15 is 0 Å². The van der Waals surface area contributed by atoms with Crippen molar-refractivity contribution in [2.45, 2.75) is 10.1 Å². The van der Waals surface area contributed by atoms with E-state index in [2.05, 4.69) is 34.1 Å². The van der Waals surface area contributed by atoms with E-state index < -0.39 is 0 Å². The van der Waals surface area contributed by atoms with Gasteiger partial charge in [-0.2, -0.15) is 0 Å². The zero-order chi connectivity index (χ0) is 17.7. The van der Waals surface area contributed by atoms with Gasteiger partial charge < -0.3 is 0 Å². The highest BCUT2D eigenvalue weighted by Gasteiger charge is 2.44. The molecule has 126 valence electrons. The monoisotopic (exact) mass is 419 g/mol. The van der Waals surface area contributed by atoms with E-state index in [4.69, 9.17) is 4.99 Å². The number of benzene rings is 3. The first-order valence-corrected chi connectivity index (χ1v) is 10.1. The van der Waals surface area contributed by atoms with Crippen molar-refractivity contribution in [2.75, 3.05) is 0 Å². The average molecular weight is 420 g/mol. The molecule has 0 fully saturated rings. The smallest absolute Gasteiger partial charge is 0.174 e. The van der Waals surface area contributed by atoms with Crippen molar-refractivity contribution in [1.82, 2.24) is 0 Å². The number of ketones is 1. The minimum atomic E-state index is -0.265. The first-order valence-electron chi connectivity index (χ1n) is 8.46. The summed E-state index contributed by atoms with van der Waals surface area (Å²) in [5, 5.41) is -0.00481. The number of halogens is 1. The van der Waals surface area contributed by atoms with Crippen LogP contribution < -0.4 is 0 Å². The van der Waals surface area contributed by atoms with Crippen LogP contribution in [0.3, 0.4) is 0 Å². The summed E-state index contributed by atoms with van der Waals surface area (Å²) in [7, 11) is 0. The molecule has 0 N–H and O–H groups in total. The van der Waals surface area contributed by atoms with Crippen molar-refractivity contribution < 1.29 is 4.79 Å². The van der Waals surface area contributed by atoms with Gasteiger partial charge in [0.25, 0.3) is 0 Å². The maximum absolute atomic E-state index is 13.3. The van der Waals surface area contributed by atoms with E-state index in [-0.39, 0.29) is 17.0 Å². The Labute approximate surface area is 164 Å². The highest BCUT2D eigenvalue weighted by molar-refractivity contribution is 9.10. The third-order valence-corrected chi connectivity index (χ3v) is 6.78. The Morgan fingerprint density at radius 2 is 1.65 bits per heavy atom. The summed E-state index contributed by atoms with van der Waals surface area (Å²) < 4.78 is 1.02. The minimum Gasteiger partial charge on any atom is -0.293 e. The highest BCUT2D eigenvalue weighted by Crippen LogP contribution is 2.51. The number of fused-ring (bicyclic) bond motifs is 4. The topological polar surface area (TPSA) is 29.4 Å². The van der Waals surface area contributed by atoms with Gasteiger partial charge in [0.1, 0.15) is 0 Å². The number of hydrogen-bond donors (Lipinski definition) is 0. The van der Waals surface area contributed by atoms with Crippen LogP contribution in [0.2, 0.25) is 0 Å². The van der Waals surface area contributed by atoms with Crippen molar-refractivity contribution in [3.63, 3.8) is 0 Å². The third kappa shape index (κ3) is 2.48. The van der Waals surface area contributed by atoms with E-state index in [1.54, 1.807) is 11.8 Å². The number of aliphatic imine (C=N–C) groups is 1. The molecule has 0 bridgehead atoms. The molecule has 0 aromatic heterocycles. The molecular weight excluding hydrogens is 406 g/mol. The van der Waals surface area contributed by atoms with Crippen LogP contribution in [0.25, 0.3) is 0 Å². The number of carbonyl (C=O) groups is 1. The van der Waals surface area contributed by atoms with Gasteiger partial charge in [0.2, 0.25) is 0 Å². The van der Waals surface area contributed by atoms with Crippen molar-refractivity contribution >= 4 is 44.9 Å². The minimum absolute atomic E-state index is 0.00481. The summed E-state index contributed by atoms with van der Waals surface area (Å²) in [5.74, 6) is -0.0938. The van der Waals surface area contributed by atoms with Crippen LogP contribution >= 0.6 is 27.7 Å². The van der Waals surface area contributed by atoms with Crippen LogP contribution in [-0.2, 0) is 0 Å². The molecule has 2 aliphatic rings. The van der Waals surface area contributed by atoms with Crippen LogP contribution in [0.5, 0.6) is 0 Å². The fourth-order valence-electron chi connectivity index (χ4n) is 3.72. The fourth-order valence-corrected chi connectivity index (χ4v) is 5.47. The molecule has 0 saturated carbocycles. The van der Waals surface area contributed by atoms with E-state index in [0.717, 1.165) is 37.5 Å². The quantitative estimate of drug-likeness (QED) is 0.467. The molecule has 0 amide bonds. The van der Waals surface area contributed by atoms with Crippen LogP contribution in [-0.4, -0.2) is 11.5 Å². The predicted octanol–water partition coefficient (Wildman–Crippen LogP) is 6.23. The lowest BCUT2D eigenvalue weighted by Gasteiger charge is -2.21. The Balaban J connectivity index is 1.76. The number of rotatable bonds is 1. The van der Waals surface area contributed by atoms with Gasteiger partial charge in [0.05, 0.1) is 22.6 Å². The lowest BCUT2D eigenvalue weighted by molar-refractivity contribution is 0.0960. The van der Waals surface area contributed by atoms with Crippen LogP contribution in [0.15, 0.2) is 87.2 Å². The molecule has 1 aliphatic heterocycles. The maximum Gasteiger partial charge on any atom is 0.174 e. The average Bonchev–Trinajstić information content (AvgIpc) is 2.83. The van der Waals surface area contributed by atoms with Gasteiger partial charge in [-0.1, -0.05) is 64.5 Å². The van der Waals surface area contributed by atoms with Gasteiger partial charge in [0.15, 0.2) is 5.78 Å². The summed E-state index contributed by atoms with van der Waals surface area (Å²) in [6.07, 6.45) is 0. The number of carbonyl (C=O) groups excluding carboxylic acids is 1. The molecule has 4 heteroatoms. The maximum atomic E-state index is 13.3. The summed E-state index contributed by atoms with van der Waals surface area (Å²) in [6, 6.07) is 24.2. The molecule has 0 saturated heterocycles. The van der Waals surface area contributed by atoms with Gasteiger partial charge >= 0.3 is 0 Å². The zero-order valence-electron chi connectivity index (χ0n) is 13.7. The fraction of sp³-hybridized carbons (Fsp3) is 0.0909. The van der Waals surface area contributed by atoms with Gasteiger partial charge in [-0.15, -0.1) is 11.8 Å². The largest absolute Gasteiger partial charge is 0.293 e. The third-order valence-electron chi connectivity index (χ3n) is 4.89. The Bertz CT molecular complexity index is 1070. The molecule has 0 radical (unpaired) electrons. The molecule has 0 unspecified atom stereocenters. The van der Waals surface area contributed by atoms with E-state index in [9.17, 15) is 4.79 Å². The summed E-state index contributed by atoms with van der Waals surface area (Å²) in [4.78, 5) is 19.4. The Hall–Kier alpha value is -2.17. The second-order valence-electron chi connectivity index (χ2n) is 6.45. The van der Waals surface area contributed by atoms with Crippen molar-refractivity contribution in [3.8, 4) is 0 Å². The normalized spacial score (nSPS) is 20.7. The lowest BCUT2D eigenvalue weighted by atomic mass is 9.93. The Kier molecular flexibility index (Phi) is 3.84. The second-order valence-corrected chi connectivity index (χ2v) is 8.54. The molecular formula is C22H14BrNOS. The molecule has 0 spiro atoms. The summed E-state index contributed by atoms with van der Waals surface area (Å²) >= 11 is 5.31. The van der Waals surface area contributed by atoms with Crippen molar-refractivity contribution in [1.29, 1.82) is 0 Å².